The summed E-state index contributed by atoms with van der Waals surface area (Å²) in [6, 6.07) is 42.8. The molecule has 0 radical (unpaired) electrons. The van der Waals surface area contributed by atoms with Gasteiger partial charge in [0.2, 0.25) is 0 Å². The fraction of sp³-hybridized carbons (Fsp3) is 0.143. The molecule has 0 bridgehead atoms. The van der Waals surface area contributed by atoms with Gasteiger partial charge < -0.3 is 0 Å². The van der Waals surface area contributed by atoms with Crippen molar-refractivity contribution in [1.29, 1.82) is 0 Å². The normalized spacial score (nSPS) is 8.68. The maximum atomic E-state index is 2.16. The molecule has 0 atom stereocenters. The Bertz CT molecular complexity index is 700. The van der Waals surface area contributed by atoms with Gasteiger partial charge in [-0.15, -0.1) is 0 Å². The van der Waals surface area contributed by atoms with E-state index in [-0.39, 0.29) is 0 Å². The van der Waals surface area contributed by atoms with Crippen LogP contribution in [0, 0.1) is 13.8 Å². The van der Waals surface area contributed by atoms with Crippen LogP contribution in [0.5, 0.6) is 0 Å². The minimum absolute atomic E-state index is 1.14. The lowest BCUT2D eigenvalue weighted by Gasteiger charge is -1.93. The second-order valence-corrected chi connectivity index (χ2v) is 6.23. The van der Waals surface area contributed by atoms with Crippen LogP contribution in [0.2, 0.25) is 0 Å². The Labute approximate surface area is 171 Å². The molecule has 4 rings (SSSR count). The third-order valence-corrected chi connectivity index (χ3v) is 4.01. The van der Waals surface area contributed by atoms with Crippen molar-refractivity contribution < 1.29 is 0 Å². The number of benzene rings is 4. The van der Waals surface area contributed by atoms with Gasteiger partial charge >= 0.3 is 0 Å². The molecular weight excluding hydrogens is 336 g/mol. The van der Waals surface area contributed by atoms with Crippen molar-refractivity contribution in [3.05, 3.63) is 144 Å². The number of hydrogen-bond donors (Lipinski definition) is 0. The third kappa shape index (κ3) is 12.3. The fourth-order valence-electron chi connectivity index (χ4n) is 2.15. The minimum Gasteiger partial charge on any atom is -0.0623 e. The van der Waals surface area contributed by atoms with Gasteiger partial charge in [0, 0.05) is 0 Å². The van der Waals surface area contributed by atoms with E-state index in [9.17, 15) is 0 Å². The predicted octanol–water partition coefficient (Wildman–Crippen LogP) is 7.93. The summed E-state index contributed by atoms with van der Waals surface area (Å²) in [6.45, 7) is 6.40. The summed E-state index contributed by atoms with van der Waals surface area (Å²) in [6.07, 6.45) is 1.14. The lowest BCUT2D eigenvalue weighted by molar-refractivity contribution is 1.14. The molecule has 0 heteroatoms. The molecule has 0 fully saturated rings. The first-order valence-corrected chi connectivity index (χ1v) is 9.80. The maximum absolute atomic E-state index is 2.16. The van der Waals surface area contributed by atoms with Crippen LogP contribution in [0.4, 0.5) is 0 Å². The molecule has 0 aromatic heterocycles. The molecule has 0 saturated heterocycles. The van der Waals surface area contributed by atoms with Gasteiger partial charge in [0.25, 0.3) is 0 Å². The second-order valence-electron chi connectivity index (χ2n) is 6.23. The molecule has 0 unspecified atom stereocenters. The lowest BCUT2D eigenvalue weighted by Crippen LogP contribution is -1.74. The van der Waals surface area contributed by atoms with Crippen molar-refractivity contribution in [2.45, 2.75) is 27.2 Å². The lowest BCUT2D eigenvalue weighted by atomic mass is 10.1. The molecule has 0 aliphatic heterocycles. The summed E-state index contributed by atoms with van der Waals surface area (Å²) >= 11 is 0. The largest absolute Gasteiger partial charge is 0.0623 e. The van der Waals surface area contributed by atoms with Crippen LogP contribution >= 0.6 is 0 Å². The van der Waals surface area contributed by atoms with Crippen LogP contribution < -0.4 is 0 Å². The predicted molar refractivity (Wildman–Crippen MR) is 125 cm³/mol. The zero-order valence-electron chi connectivity index (χ0n) is 17.3. The highest BCUT2D eigenvalue weighted by atomic mass is 13.9. The zero-order chi connectivity index (χ0) is 20.3. The van der Waals surface area contributed by atoms with Gasteiger partial charge in [0.05, 0.1) is 0 Å². The molecule has 0 heterocycles. The Morgan fingerprint density at radius 3 is 0.857 bits per heavy atom. The van der Waals surface area contributed by atoms with E-state index in [1.807, 2.05) is 78.9 Å². The Morgan fingerprint density at radius 1 is 0.393 bits per heavy atom. The molecule has 4 aromatic rings. The molecule has 4 aromatic carbocycles. The van der Waals surface area contributed by atoms with Gasteiger partial charge in [-0.2, -0.15) is 0 Å². The van der Waals surface area contributed by atoms with Gasteiger partial charge in [-0.05, 0) is 37.0 Å². The molecule has 0 N–H and O–H groups in total. The number of hydrogen-bond acceptors (Lipinski definition) is 0. The molecule has 0 aliphatic rings. The Kier molecular flexibility index (Phi) is 13.2. The second kappa shape index (κ2) is 16.1. The molecule has 0 saturated carbocycles. The number of aryl methyl sites for hydroxylation is 3. The molecule has 0 spiro atoms. The van der Waals surface area contributed by atoms with Gasteiger partial charge in [0.15, 0.2) is 0 Å². The van der Waals surface area contributed by atoms with E-state index < -0.39 is 0 Å². The summed E-state index contributed by atoms with van der Waals surface area (Å²) in [5, 5.41) is 0. The first kappa shape index (κ1) is 22.9. The Hall–Kier alpha value is -3.12. The summed E-state index contributed by atoms with van der Waals surface area (Å²) in [5.41, 5.74) is 4.15. The first-order chi connectivity index (χ1) is 13.7. The van der Waals surface area contributed by atoms with Crippen molar-refractivity contribution in [2.75, 3.05) is 0 Å². The average Bonchev–Trinajstić information content (AvgIpc) is 2.80. The summed E-state index contributed by atoms with van der Waals surface area (Å²) in [7, 11) is 0. The molecule has 28 heavy (non-hydrogen) atoms. The summed E-state index contributed by atoms with van der Waals surface area (Å²) in [5.74, 6) is 0. The SMILES string of the molecule is CCc1ccccc1.Cc1ccccc1C.c1ccccc1.c1ccccc1. The summed E-state index contributed by atoms with van der Waals surface area (Å²) in [4.78, 5) is 0. The minimum atomic E-state index is 1.14. The van der Waals surface area contributed by atoms with Crippen LogP contribution in [-0.4, -0.2) is 0 Å². The third-order valence-electron chi connectivity index (χ3n) is 4.01. The van der Waals surface area contributed by atoms with E-state index in [0.717, 1.165) is 6.42 Å². The quantitative estimate of drug-likeness (QED) is 0.320. The molecule has 0 aliphatic carbocycles. The monoisotopic (exact) mass is 368 g/mol. The standard InChI is InChI=1S/2C8H10.2C6H6/c1-7-5-3-4-6-8(7)2;1-2-8-6-4-3-5-7-8;2*1-2-4-6-5-3-1/h3-6H,1-2H3;3-7H,2H2,1H3;2*1-6H. The molecule has 0 nitrogen and oxygen atoms in total. The average molecular weight is 369 g/mol. The van der Waals surface area contributed by atoms with Gasteiger partial charge in [-0.3, -0.25) is 0 Å². The first-order valence-electron chi connectivity index (χ1n) is 9.80. The maximum Gasteiger partial charge on any atom is -0.0307 e. The highest BCUT2D eigenvalue weighted by Crippen LogP contribution is 2.02. The Morgan fingerprint density at radius 2 is 0.643 bits per heavy atom. The van der Waals surface area contributed by atoms with Gasteiger partial charge in [-0.1, -0.05) is 134 Å². The van der Waals surface area contributed by atoms with Gasteiger partial charge in [0.1, 0.15) is 0 Å². The Balaban J connectivity index is 0.000000188. The van der Waals surface area contributed by atoms with Crippen LogP contribution in [0.3, 0.4) is 0 Å². The summed E-state index contributed by atoms with van der Waals surface area (Å²) < 4.78 is 0. The van der Waals surface area contributed by atoms with Crippen LogP contribution in [0.1, 0.15) is 23.6 Å². The van der Waals surface area contributed by atoms with E-state index in [2.05, 4.69) is 69.3 Å². The highest BCUT2D eigenvalue weighted by molar-refractivity contribution is 5.23. The van der Waals surface area contributed by atoms with Crippen molar-refractivity contribution in [2.24, 2.45) is 0 Å². The highest BCUT2D eigenvalue weighted by Gasteiger charge is 1.84. The van der Waals surface area contributed by atoms with E-state index in [0.29, 0.717) is 0 Å². The number of rotatable bonds is 1. The van der Waals surface area contributed by atoms with Crippen molar-refractivity contribution in [3.63, 3.8) is 0 Å². The van der Waals surface area contributed by atoms with E-state index in [4.69, 9.17) is 0 Å². The van der Waals surface area contributed by atoms with E-state index in [1.54, 1.807) is 0 Å². The van der Waals surface area contributed by atoms with Gasteiger partial charge in [-0.25, -0.2) is 0 Å². The van der Waals surface area contributed by atoms with Crippen molar-refractivity contribution in [3.8, 4) is 0 Å². The van der Waals surface area contributed by atoms with Crippen molar-refractivity contribution in [1.82, 2.24) is 0 Å². The smallest absolute Gasteiger partial charge is 0.0307 e. The molecule has 0 amide bonds. The topological polar surface area (TPSA) is 0 Å². The van der Waals surface area contributed by atoms with Crippen LogP contribution in [0.25, 0.3) is 0 Å². The zero-order valence-corrected chi connectivity index (χ0v) is 17.3. The van der Waals surface area contributed by atoms with Crippen molar-refractivity contribution >= 4 is 0 Å². The molecular formula is C28H32. The van der Waals surface area contributed by atoms with Crippen LogP contribution in [-0.2, 0) is 6.42 Å². The van der Waals surface area contributed by atoms with Crippen LogP contribution in [0.15, 0.2) is 127 Å². The molecule has 144 valence electrons. The van der Waals surface area contributed by atoms with E-state index >= 15 is 0 Å². The fourth-order valence-corrected chi connectivity index (χ4v) is 2.15. The van der Waals surface area contributed by atoms with E-state index in [1.165, 1.54) is 16.7 Å².